The summed E-state index contributed by atoms with van der Waals surface area (Å²) >= 11 is 0. The first kappa shape index (κ1) is 10.8. The van der Waals surface area contributed by atoms with E-state index in [0.717, 1.165) is 13.0 Å². The van der Waals surface area contributed by atoms with Gasteiger partial charge in [0.25, 0.3) is 0 Å². The third kappa shape index (κ3) is 2.26. The maximum absolute atomic E-state index is 8.77. The number of nitriles is 1. The Labute approximate surface area is 94.3 Å². The first-order valence-electron chi connectivity index (χ1n) is 5.16. The average molecular weight is 219 g/mol. The Morgan fingerprint density at radius 3 is 2.94 bits per heavy atom. The van der Waals surface area contributed by atoms with E-state index in [1.165, 1.54) is 0 Å². The summed E-state index contributed by atoms with van der Waals surface area (Å²) in [6.07, 6.45) is 0.977. The van der Waals surface area contributed by atoms with Crippen LogP contribution in [0.2, 0.25) is 0 Å². The molecule has 0 amide bonds. The fourth-order valence-electron chi connectivity index (χ4n) is 1.62. The maximum Gasteiger partial charge on any atom is 0.162 e. The van der Waals surface area contributed by atoms with Crippen molar-refractivity contribution in [2.24, 2.45) is 0 Å². The Morgan fingerprint density at radius 1 is 1.44 bits per heavy atom. The van der Waals surface area contributed by atoms with E-state index in [1.807, 2.05) is 0 Å². The molecule has 0 aliphatic carbocycles. The fourth-order valence-corrected chi connectivity index (χ4v) is 1.62. The van der Waals surface area contributed by atoms with E-state index in [9.17, 15) is 0 Å². The molecule has 0 N–H and O–H groups in total. The summed E-state index contributed by atoms with van der Waals surface area (Å²) in [5.41, 5.74) is 0.562. The number of rotatable bonds is 3. The second-order valence-corrected chi connectivity index (χ2v) is 3.58. The molecule has 1 aromatic rings. The molecule has 1 unspecified atom stereocenters. The Morgan fingerprint density at radius 2 is 2.31 bits per heavy atom. The zero-order valence-electron chi connectivity index (χ0n) is 9.10. The number of benzene rings is 1. The summed E-state index contributed by atoms with van der Waals surface area (Å²) in [6, 6.07) is 7.21. The summed E-state index contributed by atoms with van der Waals surface area (Å²) in [5.74, 6) is 1.25. The van der Waals surface area contributed by atoms with Gasteiger partial charge in [0, 0.05) is 12.5 Å². The number of ether oxygens (including phenoxy) is 3. The third-order valence-corrected chi connectivity index (χ3v) is 2.47. The van der Waals surface area contributed by atoms with Crippen LogP contribution >= 0.6 is 0 Å². The second kappa shape index (κ2) is 4.86. The van der Waals surface area contributed by atoms with Crippen molar-refractivity contribution in [1.82, 2.24) is 0 Å². The molecule has 0 saturated carbocycles. The quantitative estimate of drug-likeness (QED) is 0.776. The second-order valence-electron chi connectivity index (χ2n) is 3.58. The van der Waals surface area contributed by atoms with Crippen LogP contribution in [0.4, 0.5) is 0 Å². The van der Waals surface area contributed by atoms with Crippen molar-refractivity contribution < 1.29 is 14.2 Å². The van der Waals surface area contributed by atoms with Gasteiger partial charge in [0.1, 0.15) is 6.10 Å². The Bertz CT molecular complexity index is 405. The van der Waals surface area contributed by atoms with Gasteiger partial charge in [0.15, 0.2) is 11.5 Å². The lowest BCUT2D eigenvalue weighted by Crippen LogP contribution is -2.16. The lowest BCUT2D eigenvalue weighted by Gasteiger charge is -2.14. The molecule has 4 heteroatoms. The van der Waals surface area contributed by atoms with E-state index >= 15 is 0 Å². The molecular weight excluding hydrogens is 206 g/mol. The van der Waals surface area contributed by atoms with Gasteiger partial charge in [-0.05, 0) is 12.1 Å². The van der Waals surface area contributed by atoms with Gasteiger partial charge in [-0.15, -0.1) is 0 Å². The monoisotopic (exact) mass is 219 g/mol. The van der Waals surface area contributed by atoms with Crippen molar-refractivity contribution in [1.29, 1.82) is 5.26 Å². The molecular formula is C12H13NO3. The van der Waals surface area contributed by atoms with Crippen molar-refractivity contribution in [3.05, 3.63) is 23.8 Å². The van der Waals surface area contributed by atoms with Crippen molar-refractivity contribution in [3.8, 4) is 17.6 Å². The summed E-state index contributed by atoms with van der Waals surface area (Å²) in [7, 11) is 1.56. The minimum atomic E-state index is 0.0850. The number of nitrogens with zero attached hydrogens (tertiary/aromatic N) is 1. The van der Waals surface area contributed by atoms with Crippen LogP contribution in [0.5, 0.6) is 11.5 Å². The van der Waals surface area contributed by atoms with Crippen molar-refractivity contribution in [3.63, 3.8) is 0 Å². The van der Waals surface area contributed by atoms with Gasteiger partial charge in [-0.1, -0.05) is 0 Å². The molecule has 1 heterocycles. The molecule has 0 aromatic heterocycles. The molecule has 1 aliphatic heterocycles. The molecule has 0 radical (unpaired) electrons. The molecule has 84 valence electrons. The maximum atomic E-state index is 8.77. The highest BCUT2D eigenvalue weighted by Crippen LogP contribution is 2.29. The summed E-state index contributed by atoms with van der Waals surface area (Å²) in [6.45, 7) is 1.35. The zero-order chi connectivity index (χ0) is 11.4. The van der Waals surface area contributed by atoms with Gasteiger partial charge in [-0.3, -0.25) is 0 Å². The largest absolute Gasteiger partial charge is 0.493 e. The smallest absolute Gasteiger partial charge is 0.162 e. The van der Waals surface area contributed by atoms with Crippen LogP contribution in [0, 0.1) is 11.3 Å². The van der Waals surface area contributed by atoms with E-state index in [0.29, 0.717) is 23.7 Å². The first-order valence-corrected chi connectivity index (χ1v) is 5.16. The summed E-state index contributed by atoms with van der Waals surface area (Å²) in [5, 5.41) is 8.77. The topological polar surface area (TPSA) is 51.5 Å². The van der Waals surface area contributed by atoms with Gasteiger partial charge < -0.3 is 14.2 Å². The van der Waals surface area contributed by atoms with Crippen LogP contribution in [0.1, 0.15) is 12.0 Å². The first-order chi connectivity index (χ1) is 7.83. The van der Waals surface area contributed by atoms with Crippen LogP contribution in [-0.2, 0) is 4.74 Å². The van der Waals surface area contributed by atoms with E-state index in [-0.39, 0.29) is 6.10 Å². The standard InChI is InChI=1S/C12H13NO3/c1-14-12-6-9(7-13)2-3-11(12)16-10-4-5-15-8-10/h2-3,6,10H,4-5,8H2,1H3. The van der Waals surface area contributed by atoms with Gasteiger partial charge in [0.2, 0.25) is 0 Å². The summed E-state index contributed by atoms with van der Waals surface area (Å²) < 4.78 is 16.1. The zero-order valence-corrected chi connectivity index (χ0v) is 9.10. The molecule has 0 bridgehead atoms. The Balaban J connectivity index is 2.16. The van der Waals surface area contributed by atoms with Gasteiger partial charge in [0.05, 0.1) is 32.0 Å². The van der Waals surface area contributed by atoms with Crippen LogP contribution < -0.4 is 9.47 Å². The SMILES string of the molecule is COc1cc(C#N)ccc1OC1CCOC1. The highest BCUT2D eigenvalue weighted by atomic mass is 16.6. The van der Waals surface area contributed by atoms with Crippen LogP contribution in [-0.4, -0.2) is 26.4 Å². The number of hydrogen-bond acceptors (Lipinski definition) is 4. The molecule has 1 fully saturated rings. The lowest BCUT2D eigenvalue weighted by molar-refractivity contribution is 0.138. The number of hydrogen-bond donors (Lipinski definition) is 0. The minimum Gasteiger partial charge on any atom is -0.493 e. The highest BCUT2D eigenvalue weighted by molar-refractivity contribution is 5.46. The van der Waals surface area contributed by atoms with E-state index in [1.54, 1.807) is 25.3 Å². The van der Waals surface area contributed by atoms with Crippen LogP contribution in [0.15, 0.2) is 18.2 Å². The van der Waals surface area contributed by atoms with Crippen LogP contribution in [0.3, 0.4) is 0 Å². The predicted octanol–water partition coefficient (Wildman–Crippen LogP) is 1.73. The van der Waals surface area contributed by atoms with Gasteiger partial charge >= 0.3 is 0 Å². The molecule has 1 saturated heterocycles. The molecule has 4 nitrogen and oxygen atoms in total. The molecule has 1 aliphatic rings. The molecule has 16 heavy (non-hydrogen) atoms. The van der Waals surface area contributed by atoms with Crippen LogP contribution in [0.25, 0.3) is 0 Å². The lowest BCUT2D eigenvalue weighted by atomic mass is 10.2. The van der Waals surface area contributed by atoms with Gasteiger partial charge in [-0.25, -0.2) is 0 Å². The van der Waals surface area contributed by atoms with Crippen molar-refractivity contribution in [2.45, 2.75) is 12.5 Å². The molecule has 0 spiro atoms. The fraction of sp³-hybridized carbons (Fsp3) is 0.417. The molecule has 1 atom stereocenters. The predicted molar refractivity (Wildman–Crippen MR) is 57.6 cm³/mol. The normalized spacial score (nSPS) is 19.1. The number of methoxy groups -OCH3 is 1. The minimum absolute atomic E-state index is 0.0850. The van der Waals surface area contributed by atoms with E-state index < -0.39 is 0 Å². The Kier molecular flexibility index (Phi) is 3.28. The molecule has 2 rings (SSSR count). The van der Waals surface area contributed by atoms with E-state index in [2.05, 4.69) is 6.07 Å². The summed E-state index contributed by atoms with van der Waals surface area (Å²) in [4.78, 5) is 0. The van der Waals surface area contributed by atoms with Gasteiger partial charge in [-0.2, -0.15) is 5.26 Å². The third-order valence-electron chi connectivity index (χ3n) is 2.47. The highest BCUT2D eigenvalue weighted by Gasteiger charge is 2.19. The molecule has 1 aromatic carbocycles. The van der Waals surface area contributed by atoms with Crippen molar-refractivity contribution in [2.75, 3.05) is 20.3 Å². The average Bonchev–Trinajstić information content (AvgIpc) is 2.82. The Hall–Kier alpha value is -1.73. The van der Waals surface area contributed by atoms with E-state index in [4.69, 9.17) is 19.5 Å². The van der Waals surface area contributed by atoms with Crippen molar-refractivity contribution >= 4 is 0 Å².